The molecule has 3 aromatic carbocycles. The van der Waals surface area contributed by atoms with Crippen LogP contribution < -0.4 is 35.0 Å². The summed E-state index contributed by atoms with van der Waals surface area (Å²) >= 11 is 0. The molecule has 2 heterocycles. The maximum absolute atomic E-state index is 14.3. The quantitative estimate of drug-likeness (QED) is 0.208. The Morgan fingerprint density at radius 1 is 0.980 bits per heavy atom. The number of para-hydroxylation sites is 1. The van der Waals surface area contributed by atoms with Crippen LogP contribution in [0.1, 0.15) is 25.7 Å². The lowest BCUT2D eigenvalue weighted by Crippen LogP contribution is -2.61. The normalized spacial score (nSPS) is 15.2. The van der Waals surface area contributed by atoms with Crippen LogP contribution >= 0.6 is 0 Å². The van der Waals surface area contributed by atoms with Crippen LogP contribution in [0.2, 0.25) is 0 Å². The Balaban J connectivity index is 1.57. The number of halogens is 1. The van der Waals surface area contributed by atoms with E-state index >= 15 is 0 Å². The van der Waals surface area contributed by atoms with Crippen molar-refractivity contribution in [2.24, 2.45) is 0 Å². The molecule has 3 amide bonds. The van der Waals surface area contributed by atoms with E-state index in [4.69, 9.17) is 14.5 Å². The van der Waals surface area contributed by atoms with E-state index in [0.717, 1.165) is 6.26 Å². The maximum atomic E-state index is 14.3. The first-order valence-electron chi connectivity index (χ1n) is 16.0. The number of nitrogens with zero attached hydrogens (tertiary/aromatic N) is 5. The highest BCUT2D eigenvalue weighted by atomic mass is 32.2. The minimum absolute atomic E-state index is 0.0850. The number of methoxy groups -OCH3 is 2. The molecule has 0 radical (unpaired) electrons. The van der Waals surface area contributed by atoms with Gasteiger partial charge in [-0.3, -0.25) is 14.5 Å². The minimum Gasteiger partial charge on any atom is -0.497 e. The summed E-state index contributed by atoms with van der Waals surface area (Å²) in [7, 11) is -0.872. The van der Waals surface area contributed by atoms with Gasteiger partial charge in [0.1, 0.15) is 23.4 Å². The van der Waals surface area contributed by atoms with Gasteiger partial charge in [0, 0.05) is 24.8 Å². The van der Waals surface area contributed by atoms with E-state index in [2.05, 4.69) is 10.0 Å². The summed E-state index contributed by atoms with van der Waals surface area (Å²) in [5.74, 6) is -0.143. The fourth-order valence-corrected chi connectivity index (χ4v) is 6.65. The van der Waals surface area contributed by atoms with Crippen LogP contribution in [0.15, 0.2) is 71.5 Å². The molecule has 1 aromatic heterocycles. The highest BCUT2D eigenvalue weighted by molar-refractivity contribution is 7.88. The second-order valence-corrected chi connectivity index (χ2v) is 13.8. The van der Waals surface area contributed by atoms with Crippen LogP contribution in [0.5, 0.6) is 11.5 Å². The average molecular weight is 726 g/mol. The Labute approximate surface area is 294 Å². The number of aliphatic hydroxyl groups excluding tert-OH is 1. The van der Waals surface area contributed by atoms with E-state index in [1.807, 2.05) is 0 Å². The summed E-state index contributed by atoms with van der Waals surface area (Å²) in [4.78, 5) is 49.5. The molecule has 51 heavy (non-hydrogen) atoms. The molecule has 272 valence electrons. The third-order valence-electron chi connectivity index (χ3n) is 8.44. The lowest BCUT2D eigenvalue weighted by Gasteiger charge is -2.40. The van der Waals surface area contributed by atoms with E-state index in [0.29, 0.717) is 28.0 Å². The summed E-state index contributed by atoms with van der Waals surface area (Å²) < 4.78 is 52.1. The highest BCUT2D eigenvalue weighted by Crippen LogP contribution is 2.37. The molecule has 0 bridgehead atoms. The number of carbonyl (C=O) groups excluding carboxylic acids is 2. The standard InChI is InChI=1S/C34H40FN7O8S/c1-21(41(28-15-14-25(49-3)20-29(28)50-4)34(46)36-24-12-10-23(35)11-13-24)31-37-27-9-7-6-8-26(27)32(44)42(31)40-18-16-39(17-19-40)33(45)30(22(2)43)38-51(5,47)48/h6-15,20-22,30,38,43H,16-19H2,1-5H3,(H,36,46). The number of rotatable bonds is 11. The van der Waals surface area contributed by atoms with Gasteiger partial charge in [-0.15, -0.1) is 0 Å². The molecule has 3 N–H and O–H groups in total. The van der Waals surface area contributed by atoms with Gasteiger partial charge in [-0.1, -0.05) is 12.1 Å². The molecule has 17 heteroatoms. The van der Waals surface area contributed by atoms with Crippen molar-refractivity contribution >= 4 is 44.2 Å². The maximum Gasteiger partial charge on any atom is 0.327 e. The van der Waals surface area contributed by atoms with E-state index in [1.54, 1.807) is 54.4 Å². The van der Waals surface area contributed by atoms with Crippen LogP contribution in [-0.2, 0) is 14.8 Å². The minimum atomic E-state index is -3.81. The number of anilines is 2. The smallest absolute Gasteiger partial charge is 0.327 e. The fourth-order valence-electron chi connectivity index (χ4n) is 5.89. The number of nitrogens with one attached hydrogen (secondary N) is 2. The first kappa shape index (κ1) is 37.0. The van der Waals surface area contributed by atoms with E-state index in [1.165, 1.54) is 59.9 Å². The molecule has 1 aliphatic heterocycles. The average Bonchev–Trinajstić information content (AvgIpc) is 3.11. The molecular weight excluding hydrogens is 685 g/mol. The summed E-state index contributed by atoms with van der Waals surface area (Å²) in [5.41, 5.74) is 0.610. The van der Waals surface area contributed by atoms with Crippen LogP contribution in [-0.4, -0.2) is 98.8 Å². The lowest BCUT2D eigenvalue weighted by atomic mass is 10.1. The van der Waals surface area contributed by atoms with Crippen LogP contribution in [0, 0.1) is 5.82 Å². The number of aromatic nitrogens is 2. The van der Waals surface area contributed by atoms with Gasteiger partial charge >= 0.3 is 6.03 Å². The number of benzene rings is 3. The molecule has 4 aromatic rings. The lowest BCUT2D eigenvalue weighted by molar-refractivity contribution is -0.135. The Kier molecular flexibility index (Phi) is 11.1. The number of carbonyl (C=O) groups is 2. The molecule has 3 atom stereocenters. The molecule has 1 fully saturated rings. The van der Waals surface area contributed by atoms with Gasteiger partial charge in [0.05, 0.1) is 62.3 Å². The van der Waals surface area contributed by atoms with Crippen molar-refractivity contribution in [3.05, 3.63) is 88.7 Å². The number of ether oxygens (including phenoxy) is 2. The third kappa shape index (κ3) is 8.22. The first-order valence-corrected chi connectivity index (χ1v) is 17.9. The van der Waals surface area contributed by atoms with Crippen LogP contribution in [0.25, 0.3) is 10.9 Å². The summed E-state index contributed by atoms with van der Waals surface area (Å²) in [5, 5.41) is 15.0. The van der Waals surface area contributed by atoms with Crippen molar-refractivity contribution in [2.75, 3.05) is 61.9 Å². The zero-order chi connectivity index (χ0) is 37.0. The predicted molar refractivity (Wildman–Crippen MR) is 190 cm³/mol. The second-order valence-electron chi connectivity index (χ2n) is 12.0. The van der Waals surface area contributed by atoms with Crippen LogP contribution in [0.4, 0.5) is 20.6 Å². The number of fused-ring (bicyclic) bond motifs is 1. The van der Waals surface area contributed by atoms with Gasteiger partial charge in [0.15, 0.2) is 5.82 Å². The Morgan fingerprint density at radius 3 is 2.25 bits per heavy atom. The Bertz CT molecular complexity index is 2070. The largest absolute Gasteiger partial charge is 0.497 e. The monoisotopic (exact) mass is 725 g/mol. The summed E-state index contributed by atoms with van der Waals surface area (Å²) in [6.07, 6.45) is -0.396. The SMILES string of the molecule is COc1ccc(N(C(=O)Nc2ccc(F)cc2)C(C)c2nc3ccccc3c(=O)n2N2CCN(C(=O)C(NS(C)(=O)=O)C(C)O)CC2)c(OC)c1. The fraction of sp³-hybridized carbons (Fsp3) is 0.353. The predicted octanol–water partition coefficient (Wildman–Crippen LogP) is 2.43. The molecule has 1 aliphatic rings. The van der Waals surface area contributed by atoms with Crippen molar-refractivity contribution in [2.45, 2.75) is 32.0 Å². The number of piperazine rings is 1. The number of amides is 3. The van der Waals surface area contributed by atoms with Gasteiger partial charge < -0.3 is 29.8 Å². The zero-order valence-electron chi connectivity index (χ0n) is 28.7. The zero-order valence-corrected chi connectivity index (χ0v) is 29.6. The van der Waals surface area contributed by atoms with Gasteiger partial charge in [-0.25, -0.2) is 32.0 Å². The number of hydrogen-bond acceptors (Lipinski definition) is 10. The first-order chi connectivity index (χ1) is 24.2. The number of sulfonamides is 1. The highest BCUT2D eigenvalue weighted by Gasteiger charge is 2.35. The Morgan fingerprint density at radius 2 is 1.65 bits per heavy atom. The molecule has 5 rings (SSSR count). The van der Waals surface area contributed by atoms with Crippen molar-refractivity contribution in [3.63, 3.8) is 0 Å². The van der Waals surface area contributed by atoms with E-state index in [-0.39, 0.29) is 37.8 Å². The van der Waals surface area contributed by atoms with Crippen molar-refractivity contribution < 1.29 is 37.0 Å². The topological polar surface area (TPSA) is 176 Å². The number of urea groups is 1. The molecule has 15 nitrogen and oxygen atoms in total. The van der Waals surface area contributed by atoms with Gasteiger partial charge in [-0.2, -0.15) is 0 Å². The Hall–Kier alpha value is -5.26. The number of hydrogen-bond donors (Lipinski definition) is 3. The second kappa shape index (κ2) is 15.3. The molecule has 0 spiro atoms. The molecule has 0 aliphatic carbocycles. The van der Waals surface area contributed by atoms with E-state index < -0.39 is 51.5 Å². The number of aliphatic hydroxyl groups is 1. The van der Waals surface area contributed by atoms with Gasteiger partial charge in [-0.05, 0) is 62.4 Å². The molecule has 3 unspecified atom stereocenters. The third-order valence-corrected chi connectivity index (χ3v) is 9.12. The molecular formula is C34H40FN7O8S. The van der Waals surface area contributed by atoms with Crippen LogP contribution in [0.3, 0.4) is 0 Å². The van der Waals surface area contributed by atoms with Crippen molar-refractivity contribution in [1.29, 1.82) is 0 Å². The van der Waals surface area contributed by atoms with Crippen molar-refractivity contribution in [3.8, 4) is 11.5 Å². The van der Waals surface area contributed by atoms with Crippen molar-refractivity contribution in [1.82, 2.24) is 19.3 Å². The summed E-state index contributed by atoms with van der Waals surface area (Å²) in [6, 6.07) is 14.0. The van der Waals surface area contributed by atoms with Gasteiger partial charge in [0.25, 0.3) is 5.56 Å². The molecule has 0 saturated carbocycles. The summed E-state index contributed by atoms with van der Waals surface area (Å²) in [6.45, 7) is 3.45. The van der Waals surface area contributed by atoms with Gasteiger partial charge in [0.2, 0.25) is 15.9 Å². The molecule has 1 saturated heterocycles. The van der Waals surface area contributed by atoms with E-state index in [9.17, 15) is 32.3 Å².